The Balaban J connectivity index is 2.01. The molecule has 0 spiro atoms. The molecule has 0 amide bonds. The second kappa shape index (κ2) is 6.99. The van der Waals surface area contributed by atoms with E-state index in [1.165, 1.54) is 5.56 Å². The van der Waals surface area contributed by atoms with Gasteiger partial charge in [-0.2, -0.15) is 0 Å². The topological polar surface area (TPSA) is 44.3 Å². The van der Waals surface area contributed by atoms with Crippen LogP contribution >= 0.6 is 0 Å². The number of nitrogens with one attached hydrogen (secondary N) is 1. The highest BCUT2D eigenvalue weighted by atomic mass is 15.3. The summed E-state index contributed by atoms with van der Waals surface area (Å²) < 4.78 is 0. The van der Waals surface area contributed by atoms with Gasteiger partial charge in [-0.3, -0.25) is 0 Å². The number of piperazine rings is 1. The Morgan fingerprint density at radius 2 is 2.20 bits per heavy atom. The van der Waals surface area contributed by atoms with Gasteiger partial charge in [0.2, 0.25) is 5.95 Å². The van der Waals surface area contributed by atoms with Gasteiger partial charge in [-0.15, -0.1) is 0 Å². The summed E-state index contributed by atoms with van der Waals surface area (Å²) in [4.78, 5) is 13.9. The average Bonchev–Trinajstić information content (AvgIpc) is 2.44. The van der Waals surface area contributed by atoms with Crippen molar-refractivity contribution < 1.29 is 0 Å². The van der Waals surface area contributed by atoms with E-state index in [4.69, 9.17) is 4.98 Å². The van der Waals surface area contributed by atoms with Crippen LogP contribution in [0.15, 0.2) is 6.20 Å². The first-order valence-corrected chi connectivity index (χ1v) is 7.60. The highest BCUT2D eigenvalue weighted by molar-refractivity contribution is 5.34. The van der Waals surface area contributed by atoms with Crippen LogP contribution < -0.4 is 10.2 Å². The SMILES string of the molecule is CCCNCc1cnc(N2CCN(C)C(C)C2)nc1C. The predicted molar refractivity (Wildman–Crippen MR) is 83.1 cm³/mol. The molecule has 1 saturated heterocycles. The van der Waals surface area contributed by atoms with Crippen LogP contribution in [0.5, 0.6) is 0 Å². The van der Waals surface area contributed by atoms with Crippen LogP contribution in [0, 0.1) is 6.92 Å². The van der Waals surface area contributed by atoms with E-state index in [0.717, 1.165) is 50.8 Å². The van der Waals surface area contributed by atoms with Crippen molar-refractivity contribution in [3.8, 4) is 0 Å². The van der Waals surface area contributed by atoms with Crippen molar-refractivity contribution in [2.75, 3.05) is 38.1 Å². The molecule has 0 bridgehead atoms. The zero-order valence-corrected chi connectivity index (χ0v) is 13.2. The van der Waals surface area contributed by atoms with Crippen LogP contribution in [-0.2, 0) is 6.54 Å². The van der Waals surface area contributed by atoms with E-state index in [1.807, 2.05) is 6.20 Å². The Hall–Kier alpha value is -1.20. The number of rotatable bonds is 5. The molecule has 2 rings (SSSR count). The molecule has 0 aromatic carbocycles. The lowest BCUT2D eigenvalue weighted by molar-refractivity contribution is 0.232. The maximum absolute atomic E-state index is 4.69. The molecule has 5 nitrogen and oxygen atoms in total. The van der Waals surface area contributed by atoms with Gasteiger partial charge in [0, 0.05) is 49.7 Å². The summed E-state index contributed by atoms with van der Waals surface area (Å²) in [5, 5.41) is 3.40. The maximum atomic E-state index is 4.69. The minimum atomic E-state index is 0.554. The quantitative estimate of drug-likeness (QED) is 0.825. The molecule has 5 heteroatoms. The van der Waals surface area contributed by atoms with Gasteiger partial charge in [0.1, 0.15) is 0 Å². The molecule has 1 atom stereocenters. The Labute approximate surface area is 122 Å². The molecule has 0 radical (unpaired) electrons. The first kappa shape index (κ1) is 15.2. The first-order valence-electron chi connectivity index (χ1n) is 7.60. The minimum absolute atomic E-state index is 0.554. The van der Waals surface area contributed by atoms with Crippen LogP contribution in [0.3, 0.4) is 0 Å². The first-order chi connectivity index (χ1) is 9.61. The number of likely N-dealkylation sites (N-methyl/N-ethyl adjacent to an activating group) is 1. The number of hydrogen-bond acceptors (Lipinski definition) is 5. The molecule has 2 heterocycles. The Kier molecular flexibility index (Phi) is 5.31. The summed E-state index contributed by atoms with van der Waals surface area (Å²) in [5.41, 5.74) is 2.29. The monoisotopic (exact) mass is 277 g/mol. The van der Waals surface area contributed by atoms with E-state index in [1.54, 1.807) is 0 Å². The number of anilines is 1. The number of aryl methyl sites for hydroxylation is 1. The Morgan fingerprint density at radius 1 is 1.40 bits per heavy atom. The zero-order valence-electron chi connectivity index (χ0n) is 13.2. The summed E-state index contributed by atoms with van der Waals surface area (Å²) in [5.74, 6) is 0.877. The van der Waals surface area contributed by atoms with Crippen molar-refractivity contribution in [3.63, 3.8) is 0 Å². The molecule has 1 unspecified atom stereocenters. The van der Waals surface area contributed by atoms with Crippen LogP contribution in [0.1, 0.15) is 31.5 Å². The fourth-order valence-electron chi connectivity index (χ4n) is 2.44. The van der Waals surface area contributed by atoms with Gasteiger partial charge < -0.3 is 15.1 Å². The Morgan fingerprint density at radius 3 is 2.85 bits per heavy atom. The van der Waals surface area contributed by atoms with Crippen molar-refractivity contribution in [2.45, 2.75) is 39.8 Å². The van der Waals surface area contributed by atoms with Crippen LogP contribution in [0.25, 0.3) is 0 Å². The smallest absolute Gasteiger partial charge is 0.225 e. The van der Waals surface area contributed by atoms with Gasteiger partial charge >= 0.3 is 0 Å². The summed E-state index contributed by atoms with van der Waals surface area (Å²) >= 11 is 0. The van der Waals surface area contributed by atoms with Crippen molar-refractivity contribution in [1.82, 2.24) is 20.2 Å². The van der Waals surface area contributed by atoms with Crippen LogP contribution in [-0.4, -0.2) is 54.1 Å². The number of aromatic nitrogens is 2. The lowest BCUT2D eigenvalue weighted by Gasteiger charge is -2.37. The van der Waals surface area contributed by atoms with E-state index in [2.05, 4.69) is 47.9 Å². The van der Waals surface area contributed by atoms with Gasteiger partial charge in [-0.05, 0) is 33.9 Å². The summed E-state index contributed by atoms with van der Waals surface area (Å²) in [6.45, 7) is 11.5. The van der Waals surface area contributed by atoms with E-state index >= 15 is 0 Å². The fraction of sp³-hybridized carbons (Fsp3) is 0.733. The maximum Gasteiger partial charge on any atom is 0.225 e. The van der Waals surface area contributed by atoms with Crippen LogP contribution in [0.4, 0.5) is 5.95 Å². The normalized spacial score (nSPS) is 20.4. The van der Waals surface area contributed by atoms with Crippen molar-refractivity contribution in [3.05, 3.63) is 17.5 Å². The predicted octanol–water partition coefficient (Wildman–Crippen LogP) is 1.42. The molecular formula is C15H27N5. The molecule has 1 aliphatic heterocycles. The third kappa shape index (κ3) is 3.67. The second-order valence-corrected chi connectivity index (χ2v) is 5.73. The van der Waals surface area contributed by atoms with E-state index < -0.39 is 0 Å². The second-order valence-electron chi connectivity index (χ2n) is 5.73. The third-order valence-electron chi connectivity index (χ3n) is 4.05. The van der Waals surface area contributed by atoms with E-state index in [0.29, 0.717) is 6.04 Å². The Bertz CT molecular complexity index is 434. The lowest BCUT2D eigenvalue weighted by Crippen LogP contribution is -2.50. The molecule has 1 aromatic rings. The van der Waals surface area contributed by atoms with E-state index in [-0.39, 0.29) is 0 Å². The summed E-state index contributed by atoms with van der Waals surface area (Å²) in [6.07, 6.45) is 3.13. The molecule has 1 aliphatic rings. The molecule has 0 aliphatic carbocycles. The molecule has 1 aromatic heterocycles. The van der Waals surface area contributed by atoms with Gasteiger partial charge in [0.15, 0.2) is 0 Å². The molecule has 112 valence electrons. The minimum Gasteiger partial charge on any atom is -0.338 e. The van der Waals surface area contributed by atoms with Gasteiger partial charge in [-0.1, -0.05) is 6.92 Å². The summed E-state index contributed by atoms with van der Waals surface area (Å²) in [7, 11) is 2.18. The van der Waals surface area contributed by atoms with Crippen molar-refractivity contribution >= 4 is 5.95 Å². The van der Waals surface area contributed by atoms with Crippen molar-refractivity contribution in [1.29, 1.82) is 0 Å². The molecule has 20 heavy (non-hydrogen) atoms. The van der Waals surface area contributed by atoms with E-state index in [9.17, 15) is 0 Å². The zero-order chi connectivity index (χ0) is 14.5. The third-order valence-corrected chi connectivity index (χ3v) is 4.05. The largest absolute Gasteiger partial charge is 0.338 e. The average molecular weight is 277 g/mol. The van der Waals surface area contributed by atoms with Gasteiger partial charge in [-0.25, -0.2) is 9.97 Å². The highest BCUT2D eigenvalue weighted by Crippen LogP contribution is 2.15. The highest BCUT2D eigenvalue weighted by Gasteiger charge is 2.22. The fourth-order valence-corrected chi connectivity index (χ4v) is 2.44. The lowest BCUT2D eigenvalue weighted by atomic mass is 10.2. The van der Waals surface area contributed by atoms with Gasteiger partial charge in [0.05, 0.1) is 0 Å². The van der Waals surface area contributed by atoms with Gasteiger partial charge in [0.25, 0.3) is 0 Å². The standard InChI is InChI=1S/C15H27N5/c1-5-6-16-9-14-10-17-15(18-13(14)3)20-8-7-19(4)12(2)11-20/h10,12,16H,5-9,11H2,1-4H3. The molecule has 1 fully saturated rings. The molecule has 0 saturated carbocycles. The molecular weight excluding hydrogens is 250 g/mol. The summed E-state index contributed by atoms with van der Waals surface area (Å²) in [6, 6.07) is 0.554. The van der Waals surface area contributed by atoms with Crippen molar-refractivity contribution in [2.24, 2.45) is 0 Å². The number of hydrogen-bond donors (Lipinski definition) is 1. The molecule has 1 N–H and O–H groups in total. The van der Waals surface area contributed by atoms with Crippen LogP contribution in [0.2, 0.25) is 0 Å². The number of nitrogens with zero attached hydrogens (tertiary/aromatic N) is 4.